The molecule has 9 heteroatoms. The van der Waals surface area contributed by atoms with E-state index in [0.717, 1.165) is 39.9 Å². The minimum atomic E-state index is -0.485. The Hall–Kier alpha value is -2.26. The van der Waals surface area contributed by atoms with Crippen LogP contribution >= 0.6 is 11.3 Å². The third-order valence-electron chi connectivity index (χ3n) is 4.64. The number of carbonyl (C=O) groups is 1. The molecular weight excluding hydrogens is 516 g/mol. The fourth-order valence-corrected chi connectivity index (χ4v) is 3.92. The van der Waals surface area contributed by atoms with E-state index < -0.39 is 5.82 Å². The maximum atomic E-state index is 14.6. The van der Waals surface area contributed by atoms with Crippen molar-refractivity contribution in [3.05, 3.63) is 71.7 Å². The molecule has 0 atom stereocenters. The van der Waals surface area contributed by atoms with Crippen LogP contribution in [0.1, 0.15) is 37.0 Å². The zero-order chi connectivity index (χ0) is 22.5. The molecule has 0 bridgehead atoms. The van der Waals surface area contributed by atoms with Crippen LogP contribution in [0, 0.1) is 5.82 Å². The van der Waals surface area contributed by atoms with Crippen molar-refractivity contribution < 1.29 is 46.6 Å². The van der Waals surface area contributed by atoms with Gasteiger partial charge >= 0.3 is 0 Å². The van der Waals surface area contributed by atoms with E-state index >= 15 is 0 Å². The molecule has 0 spiro atoms. The second kappa shape index (κ2) is 11.7. The topological polar surface area (TPSA) is 78.2 Å². The van der Waals surface area contributed by atoms with E-state index in [9.17, 15) is 9.18 Å². The zero-order valence-electron chi connectivity index (χ0n) is 18.3. The molecule has 1 N–H and O–H groups in total. The molecule has 1 radical (unpaired) electrons. The number of hydrogen-bond donors (Lipinski definition) is 1. The maximum Gasteiger partial charge on any atom is 0.164 e. The molecule has 1 saturated carbocycles. The number of aromatic nitrogens is 2. The number of aldehydes is 1. The Morgan fingerprint density at radius 1 is 1.12 bits per heavy atom. The van der Waals surface area contributed by atoms with Crippen molar-refractivity contribution in [2.75, 3.05) is 0 Å². The molecule has 3 aromatic heterocycles. The Kier molecular flexibility index (Phi) is 9.03. The molecule has 1 aliphatic rings. The Labute approximate surface area is 220 Å². The van der Waals surface area contributed by atoms with Gasteiger partial charge < -0.3 is 15.6 Å². The van der Waals surface area contributed by atoms with Gasteiger partial charge in [0.2, 0.25) is 0 Å². The summed E-state index contributed by atoms with van der Waals surface area (Å²) in [6.45, 7) is 4.00. The van der Waals surface area contributed by atoms with Crippen molar-refractivity contribution in [3.8, 4) is 22.1 Å². The minimum absolute atomic E-state index is 0. The largest absolute Gasteiger partial charge is 0.622 e. The summed E-state index contributed by atoms with van der Waals surface area (Å²) < 4.78 is 21.2. The van der Waals surface area contributed by atoms with Crippen LogP contribution in [0.3, 0.4) is 0 Å². The standard InChI is InChI=1S/C22H17FN4O2S.C2H6.Y/c23-16-9-15(27-26-14-2-3-14)4-6-19(16)29-20-7-8-24-18-10-21(30-22(18)20)17-5-1-13(12-28)11-25-17;1-2;/h1,4-12,14H,2-3H2,(H2,24,25,26,27,28);1-2H3;/p-1. The molecule has 167 valence electrons. The van der Waals surface area contributed by atoms with Crippen molar-refractivity contribution in [3.63, 3.8) is 0 Å². The summed E-state index contributed by atoms with van der Waals surface area (Å²) >= 11 is 1.45. The number of rotatable bonds is 7. The molecule has 0 amide bonds. The van der Waals surface area contributed by atoms with Gasteiger partial charge in [0.1, 0.15) is 5.75 Å². The number of hydrogen-bond acceptors (Lipinski definition) is 6. The first kappa shape index (κ1) is 25.4. The summed E-state index contributed by atoms with van der Waals surface area (Å²) in [4.78, 5) is 20.4. The SMILES string of the molecule is CC.O=Cc1ccc(-c2cc3nccc(Oc4ccc([N-]NC5CC5)cc4F)c3s2)nc1.[Y]. The van der Waals surface area contributed by atoms with Gasteiger partial charge in [-0.15, -0.1) is 17.0 Å². The van der Waals surface area contributed by atoms with E-state index in [2.05, 4.69) is 20.8 Å². The molecule has 0 unspecified atom stereocenters. The molecule has 5 rings (SSSR count). The van der Waals surface area contributed by atoms with E-state index in [-0.39, 0.29) is 38.5 Å². The average molecular weight is 538 g/mol. The third kappa shape index (κ3) is 6.20. The average Bonchev–Trinajstić information content (AvgIpc) is 3.56. The van der Waals surface area contributed by atoms with Gasteiger partial charge in [-0.2, -0.15) is 0 Å². The second-order valence-electron chi connectivity index (χ2n) is 6.96. The quantitative estimate of drug-likeness (QED) is 0.207. The molecule has 6 nitrogen and oxygen atoms in total. The number of halogens is 1. The summed E-state index contributed by atoms with van der Waals surface area (Å²) in [5, 5.41) is 0. The summed E-state index contributed by atoms with van der Waals surface area (Å²) in [5.41, 5.74) is 9.70. The van der Waals surface area contributed by atoms with E-state index in [0.29, 0.717) is 23.0 Å². The number of thiophene rings is 1. The maximum absolute atomic E-state index is 14.6. The first-order chi connectivity index (χ1) is 15.7. The molecule has 0 aliphatic heterocycles. The van der Waals surface area contributed by atoms with Crippen LogP contribution in [0.25, 0.3) is 26.2 Å². The molecular formula is C24H22FN4O2SY-. The number of fused-ring (bicyclic) bond motifs is 1. The smallest absolute Gasteiger partial charge is 0.164 e. The summed E-state index contributed by atoms with van der Waals surface area (Å²) in [6.07, 6.45) is 6.11. The summed E-state index contributed by atoms with van der Waals surface area (Å²) in [5.74, 6) is 0.151. The number of carbonyl (C=O) groups excluding carboxylic acids is 1. The van der Waals surface area contributed by atoms with Gasteiger partial charge in [-0.25, -0.2) is 4.39 Å². The molecule has 3 heterocycles. The van der Waals surface area contributed by atoms with Crippen LogP contribution in [0.2, 0.25) is 0 Å². The Morgan fingerprint density at radius 3 is 2.61 bits per heavy atom. The fourth-order valence-electron chi connectivity index (χ4n) is 2.88. The molecule has 1 aliphatic carbocycles. The molecule has 1 aromatic carbocycles. The van der Waals surface area contributed by atoms with Crippen molar-refractivity contribution in [2.24, 2.45) is 0 Å². The predicted molar refractivity (Wildman–Crippen MR) is 125 cm³/mol. The van der Waals surface area contributed by atoms with E-state index in [1.165, 1.54) is 23.6 Å². The van der Waals surface area contributed by atoms with E-state index in [1.54, 1.807) is 36.5 Å². The zero-order valence-corrected chi connectivity index (χ0v) is 21.9. The van der Waals surface area contributed by atoms with Crippen molar-refractivity contribution in [1.29, 1.82) is 0 Å². The fraction of sp³-hybridized carbons (Fsp3) is 0.208. The normalized spacial score (nSPS) is 12.3. The van der Waals surface area contributed by atoms with Gasteiger partial charge in [0.15, 0.2) is 17.9 Å². The minimum Gasteiger partial charge on any atom is -0.622 e. The number of nitrogens with one attached hydrogen (secondary N) is 1. The van der Waals surface area contributed by atoms with Crippen molar-refractivity contribution >= 4 is 33.5 Å². The molecule has 1 fully saturated rings. The Balaban J connectivity index is 0.000000994. The van der Waals surface area contributed by atoms with Gasteiger partial charge in [-0.05, 0) is 49.2 Å². The number of benzene rings is 1. The first-order valence-corrected chi connectivity index (χ1v) is 11.2. The van der Waals surface area contributed by atoms with Crippen LogP contribution in [0.5, 0.6) is 11.5 Å². The number of nitrogens with zero attached hydrogens (tertiary/aromatic N) is 3. The van der Waals surface area contributed by atoms with Gasteiger partial charge in [0.25, 0.3) is 0 Å². The van der Waals surface area contributed by atoms with Crippen LogP contribution in [0.4, 0.5) is 10.1 Å². The monoisotopic (exact) mass is 538 g/mol. The van der Waals surface area contributed by atoms with Gasteiger partial charge in [-0.1, -0.05) is 19.9 Å². The van der Waals surface area contributed by atoms with Crippen LogP contribution in [-0.2, 0) is 32.7 Å². The van der Waals surface area contributed by atoms with Crippen molar-refractivity contribution in [2.45, 2.75) is 32.7 Å². The Bertz CT molecular complexity index is 1230. The van der Waals surface area contributed by atoms with Crippen LogP contribution in [-0.4, -0.2) is 22.3 Å². The Morgan fingerprint density at radius 2 is 1.94 bits per heavy atom. The van der Waals surface area contributed by atoms with Crippen molar-refractivity contribution in [1.82, 2.24) is 15.4 Å². The molecule has 33 heavy (non-hydrogen) atoms. The van der Waals surface area contributed by atoms with Gasteiger partial charge in [0.05, 0.1) is 20.8 Å². The van der Waals surface area contributed by atoms with Gasteiger partial charge in [-0.3, -0.25) is 14.8 Å². The first-order valence-electron chi connectivity index (χ1n) is 10.4. The summed E-state index contributed by atoms with van der Waals surface area (Å²) in [7, 11) is 0. The van der Waals surface area contributed by atoms with E-state index in [1.807, 2.05) is 19.9 Å². The van der Waals surface area contributed by atoms with E-state index in [4.69, 9.17) is 4.74 Å². The van der Waals surface area contributed by atoms with Gasteiger partial charge in [0, 0.05) is 56.7 Å². The third-order valence-corrected chi connectivity index (χ3v) is 5.80. The second-order valence-corrected chi connectivity index (χ2v) is 8.01. The predicted octanol–water partition coefficient (Wildman–Crippen LogP) is 6.80. The number of pyridine rings is 2. The van der Waals surface area contributed by atoms with Crippen LogP contribution < -0.4 is 10.2 Å². The van der Waals surface area contributed by atoms with Crippen LogP contribution in [0.15, 0.2) is 54.9 Å². The molecule has 0 saturated heterocycles. The summed E-state index contributed by atoms with van der Waals surface area (Å²) in [6, 6.07) is 12.1. The number of ether oxygens (including phenoxy) is 1. The molecule has 4 aromatic rings.